The maximum absolute atomic E-state index is 13.8. The molecule has 0 unspecified atom stereocenters. The fourth-order valence-corrected chi connectivity index (χ4v) is 5.77. The van der Waals surface area contributed by atoms with Gasteiger partial charge in [-0.2, -0.15) is 5.10 Å². The van der Waals surface area contributed by atoms with Crippen LogP contribution in [0.2, 0.25) is 5.02 Å². The van der Waals surface area contributed by atoms with Crippen molar-refractivity contribution in [2.75, 3.05) is 0 Å². The first kappa shape index (κ1) is 26.0. The van der Waals surface area contributed by atoms with Gasteiger partial charge in [-0.15, -0.1) is 0 Å². The van der Waals surface area contributed by atoms with Crippen molar-refractivity contribution in [3.8, 4) is 17.1 Å². The number of nitrogens with zero attached hydrogens (tertiary/aromatic N) is 6. The number of fused-ring (bicyclic) bond motifs is 1. The van der Waals surface area contributed by atoms with Crippen LogP contribution >= 0.6 is 11.6 Å². The van der Waals surface area contributed by atoms with Crippen LogP contribution in [0.3, 0.4) is 0 Å². The number of imidazole rings is 1. The summed E-state index contributed by atoms with van der Waals surface area (Å²) in [5.41, 5.74) is 4.44. The maximum atomic E-state index is 13.8. The molecule has 6 rings (SSSR count). The molecular weight excluding hydrogens is 526 g/mol. The smallest absolute Gasteiger partial charge is 0.334 e. The summed E-state index contributed by atoms with van der Waals surface area (Å²) in [6.45, 7) is 2.42. The summed E-state index contributed by atoms with van der Waals surface area (Å²) in [7, 11) is 1.87. The van der Waals surface area contributed by atoms with Crippen molar-refractivity contribution >= 4 is 28.5 Å². The van der Waals surface area contributed by atoms with Crippen LogP contribution in [0.25, 0.3) is 28.1 Å². The van der Waals surface area contributed by atoms with Gasteiger partial charge in [0.25, 0.3) is 5.91 Å². The highest BCUT2D eigenvalue weighted by atomic mass is 35.5. The molecule has 10 heteroatoms. The molecule has 40 heavy (non-hydrogen) atoms. The zero-order valence-corrected chi connectivity index (χ0v) is 23.2. The van der Waals surface area contributed by atoms with Crippen molar-refractivity contribution in [3.63, 3.8) is 0 Å². The summed E-state index contributed by atoms with van der Waals surface area (Å²) in [6.07, 6.45) is 8.76. The summed E-state index contributed by atoms with van der Waals surface area (Å²) in [5.74, 6) is 0.768. The molecule has 0 aliphatic heterocycles. The Morgan fingerprint density at radius 2 is 1.82 bits per heavy atom. The molecule has 9 nitrogen and oxygen atoms in total. The first-order valence-corrected chi connectivity index (χ1v) is 13.8. The lowest BCUT2D eigenvalue weighted by Crippen LogP contribution is -2.39. The van der Waals surface area contributed by atoms with E-state index in [-0.39, 0.29) is 17.6 Å². The van der Waals surface area contributed by atoms with E-state index >= 15 is 0 Å². The van der Waals surface area contributed by atoms with Gasteiger partial charge >= 0.3 is 5.69 Å². The Bertz CT molecular complexity index is 1760. The predicted octanol–water partition coefficient (Wildman–Crippen LogP) is 4.93. The van der Waals surface area contributed by atoms with E-state index in [2.05, 4.69) is 15.4 Å². The maximum Gasteiger partial charge on any atom is 0.334 e. The van der Waals surface area contributed by atoms with Gasteiger partial charge in [0.1, 0.15) is 5.82 Å². The zero-order chi connectivity index (χ0) is 27.8. The van der Waals surface area contributed by atoms with Gasteiger partial charge in [-0.1, -0.05) is 29.8 Å². The topological polar surface area (TPSA) is 99.6 Å². The van der Waals surface area contributed by atoms with E-state index in [4.69, 9.17) is 16.6 Å². The Hall–Kier alpha value is -4.24. The lowest BCUT2D eigenvalue weighted by atomic mass is 9.85. The van der Waals surface area contributed by atoms with E-state index in [1.54, 1.807) is 34.6 Å². The fourth-order valence-electron chi connectivity index (χ4n) is 5.62. The highest BCUT2D eigenvalue weighted by molar-refractivity contribution is 6.30. The van der Waals surface area contributed by atoms with Crippen LogP contribution in [0.15, 0.2) is 71.9 Å². The average Bonchev–Trinajstić information content (AvgIpc) is 3.52. The molecule has 4 aromatic heterocycles. The first-order chi connectivity index (χ1) is 19.4. The number of amides is 1. The number of rotatable bonds is 6. The summed E-state index contributed by atoms with van der Waals surface area (Å²) in [4.78, 5) is 35.7. The zero-order valence-electron chi connectivity index (χ0n) is 22.4. The Kier molecular flexibility index (Phi) is 6.98. The second kappa shape index (κ2) is 10.7. The Morgan fingerprint density at radius 1 is 1.05 bits per heavy atom. The quantitative estimate of drug-likeness (QED) is 0.320. The van der Waals surface area contributed by atoms with E-state index in [0.29, 0.717) is 34.6 Å². The van der Waals surface area contributed by atoms with E-state index in [0.717, 1.165) is 48.0 Å². The molecule has 1 fully saturated rings. The van der Waals surface area contributed by atoms with Gasteiger partial charge in [0, 0.05) is 37.6 Å². The number of nitrogens with one attached hydrogen (secondary N) is 1. The molecule has 1 aromatic carbocycles. The van der Waals surface area contributed by atoms with Gasteiger partial charge in [-0.05, 0) is 68.9 Å². The van der Waals surface area contributed by atoms with Gasteiger partial charge in [0.15, 0.2) is 0 Å². The summed E-state index contributed by atoms with van der Waals surface area (Å²) < 4.78 is 5.30. The average molecular weight is 556 g/mol. The van der Waals surface area contributed by atoms with Gasteiger partial charge in [0.05, 0.1) is 39.2 Å². The number of aryl methyl sites for hydroxylation is 2. The molecule has 204 valence electrons. The van der Waals surface area contributed by atoms with Crippen LogP contribution in [0.4, 0.5) is 0 Å². The van der Waals surface area contributed by atoms with Gasteiger partial charge < -0.3 is 5.32 Å². The largest absolute Gasteiger partial charge is 0.349 e. The van der Waals surface area contributed by atoms with Crippen LogP contribution in [0, 0.1) is 12.8 Å². The Balaban J connectivity index is 1.20. The van der Waals surface area contributed by atoms with Gasteiger partial charge in [0.2, 0.25) is 0 Å². The number of carbonyl (C=O) groups is 1. The standard InChI is InChI=1S/C30H30ClN7O2/c1-19-24(14-22(31)16-32-19)29(39)34-23-12-10-20(11-13-23)17-37-26-7-3-4-8-27(26)38(30(37)40)28-9-5-6-25(35-28)21-15-33-36(2)18-21/h3-9,14-16,18,20,23H,10-13,17H2,1-2H3,(H,34,39). The summed E-state index contributed by atoms with van der Waals surface area (Å²) in [5, 5.41) is 7.85. The number of aromatic nitrogens is 6. The molecule has 0 radical (unpaired) electrons. The van der Waals surface area contributed by atoms with Crippen LogP contribution in [0.1, 0.15) is 41.7 Å². The molecule has 5 aromatic rings. The number of hydrogen-bond acceptors (Lipinski definition) is 5. The first-order valence-electron chi connectivity index (χ1n) is 13.5. The van der Waals surface area contributed by atoms with Crippen LogP contribution in [0.5, 0.6) is 0 Å². The van der Waals surface area contributed by atoms with Gasteiger partial charge in [-0.25, -0.2) is 14.3 Å². The molecule has 0 saturated heterocycles. The normalized spacial score (nSPS) is 17.3. The highest BCUT2D eigenvalue weighted by Crippen LogP contribution is 2.28. The minimum atomic E-state index is -0.142. The number of benzene rings is 1. The third kappa shape index (κ3) is 5.04. The second-order valence-corrected chi connectivity index (χ2v) is 10.9. The van der Waals surface area contributed by atoms with Crippen LogP contribution in [-0.2, 0) is 13.6 Å². The molecule has 1 saturated carbocycles. The molecule has 0 bridgehead atoms. The monoisotopic (exact) mass is 555 g/mol. The lowest BCUT2D eigenvalue weighted by Gasteiger charge is -2.29. The summed E-state index contributed by atoms with van der Waals surface area (Å²) >= 11 is 6.05. The van der Waals surface area contributed by atoms with Crippen molar-refractivity contribution in [1.82, 2.24) is 34.2 Å². The molecule has 4 heterocycles. The lowest BCUT2D eigenvalue weighted by molar-refractivity contribution is 0.0919. The minimum Gasteiger partial charge on any atom is -0.349 e. The highest BCUT2D eigenvalue weighted by Gasteiger charge is 2.26. The van der Waals surface area contributed by atoms with Crippen molar-refractivity contribution in [3.05, 3.63) is 93.9 Å². The minimum absolute atomic E-state index is 0.0830. The van der Waals surface area contributed by atoms with Crippen molar-refractivity contribution < 1.29 is 4.79 Å². The summed E-state index contributed by atoms with van der Waals surface area (Å²) in [6, 6.07) is 15.3. The SMILES string of the molecule is Cc1ncc(Cl)cc1C(=O)NC1CCC(Cn2c(=O)n(-c3cccc(-c4cnn(C)c4)n3)c3ccccc32)CC1. The molecule has 0 spiro atoms. The third-order valence-corrected chi connectivity index (χ3v) is 7.93. The van der Waals surface area contributed by atoms with Crippen LogP contribution < -0.4 is 11.0 Å². The molecular formula is C30H30ClN7O2. The van der Waals surface area contributed by atoms with E-state index < -0.39 is 0 Å². The molecule has 1 aliphatic carbocycles. The van der Waals surface area contributed by atoms with Gasteiger partial charge in [-0.3, -0.25) is 19.0 Å². The predicted molar refractivity (Wildman–Crippen MR) is 155 cm³/mol. The van der Waals surface area contributed by atoms with Crippen molar-refractivity contribution in [2.45, 2.75) is 45.2 Å². The van der Waals surface area contributed by atoms with E-state index in [1.807, 2.05) is 60.3 Å². The number of pyridine rings is 2. The fraction of sp³-hybridized carbons (Fsp3) is 0.300. The van der Waals surface area contributed by atoms with Crippen molar-refractivity contribution in [2.24, 2.45) is 13.0 Å². The second-order valence-electron chi connectivity index (χ2n) is 10.5. The number of carbonyl (C=O) groups excluding carboxylic acids is 1. The van der Waals surface area contributed by atoms with E-state index in [9.17, 15) is 9.59 Å². The number of halogens is 1. The van der Waals surface area contributed by atoms with Crippen molar-refractivity contribution in [1.29, 1.82) is 0 Å². The molecule has 1 aliphatic rings. The molecule has 1 amide bonds. The number of para-hydroxylation sites is 2. The van der Waals surface area contributed by atoms with Crippen LogP contribution in [-0.4, -0.2) is 40.8 Å². The Morgan fingerprint density at radius 3 is 2.58 bits per heavy atom. The third-order valence-electron chi connectivity index (χ3n) is 7.72. The Labute approximate surface area is 236 Å². The molecule has 1 N–H and O–H groups in total. The number of hydrogen-bond donors (Lipinski definition) is 1. The van der Waals surface area contributed by atoms with E-state index in [1.165, 1.54) is 0 Å². The molecule has 0 atom stereocenters.